The van der Waals surface area contributed by atoms with E-state index in [-0.39, 0.29) is 28.5 Å². The molecule has 0 radical (unpaired) electrons. The zero-order valence-electron chi connectivity index (χ0n) is 15.9. The van der Waals surface area contributed by atoms with Crippen LogP contribution in [0.25, 0.3) is 0 Å². The maximum Gasteiger partial charge on any atom is 0.308 e. The number of amides is 3. The van der Waals surface area contributed by atoms with Crippen molar-refractivity contribution in [2.24, 2.45) is 0 Å². The first-order chi connectivity index (χ1) is 14.4. The summed E-state index contributed by atoms with van der Waals surface area (Å²) in [5.74, 6) is -1.61. The molecule has 1 aliphatic rings. The average molecular weight is 400 g/mol. The van der Waals surface area contributed by atoms with Crippen molar-refractivity contribution >= 4 is 35.1 Å². The van der Waals surface area contributed by atoms with Crippen molar-refractivity contribution in [3.05, 3.63) is 89.5 Å². The molecule has 0 saturated carbocycles. The number of rotatable bonds is 4. The number of carbonyl (C=O) groups excluding carboxylic acids is 4. The van der Waals surface area contributed by atoms with Crippen LogP contribution in [-0.4, -0.2) is 23.7 Å². The summed E-state index contributed by atoms with van der Waals surface area (Å²) in [6, 6.07) is 19.4. The fourth-order valence-corrected chi connectivity index (χ4v) is 3.20. The summed E-state index contributed by atoms with van der Waals surface area (Å²) in [5.41, 5.74) is 1.58. The van der Waals surface area contributed by atoms with E-state index in [0.717, 1.165) is 4.90 Å². The molecule has 4 rings (SSSR count). The number of nitrogens with zero attached hydrogens (tertiary/aromatic N) is 1. The van der Waals surface area contributed by atoms with Crippen LogP contribution in [0.3, 0.4) is 0 Å². The Kier molecular flexibility index (Phi) is 4.85. The molecule has 1 aliphatic heterocycles. The van der Waals surface area contributed by atoms with Gasteiger partial charge in [-0.3, -0.25) is 19.2 Å². The maximum atomic E-state index is 12.9. The Morgan fingerprint density at radius 2 is 1.57 bits per heavy atom. The van der Waals surface area contributed by atoms with Crippen molar-refractivity contribution in [1.29, 1.82) is 0 Å². The molecule has 30 heavy (non-hydrogen) atoms. The monoisotopic (exact) mass is 400 g/mol. The molecule has 0 aliphatic carbocycles. The number of anilines is 2. The summed E-state index contributed by atoms with van der Waals surface area (Å²) in [5, 5.41) is 2.73. The van der Waals surface area contributed by atoms with Crippen LogP contribution in [0.2, 0.25) is 0 Å². The van der Waals surface area contributed by atoms with Crippen LogP contribution >= 0.6 is 0 Å². The van der Waals surface area contributed by atoms with E-state index in [1.165, 1.54) is 25.1 Å². The Hall–Kier alpha value is -4.26. The quantitative estimate of drug-likeness (QED) is 0.410. The third kappa shape index (κ3) is 3.56. The molecule has 3 amide bonds. The highest BCUT2D eigenvalue weighted by molar-refractivity contribution is 6.34. The number of nitrogens with one attached hydrogen (secondary N) is 1. The Bertz CT molecular complexity index is 1190. The second-order valence-corrected chi connectivity index (χ2v) is 6.62. The molecule has 7 nitrogen and oxygen atoms in total. The highest BCUT2D eigenvalue weighted by Crippen LogP contribution is 2.32. The van der Waals surface area contributed by atoms with Crippen molar-refractivity contribution in [3.8, 4) is 5.75 Å². The van der Waals surface area contributed by atoms with Gasteiger partial charge in [0.1, 0.15) is 5.75 Å². The van der Waals surface area contributed by atoms with Crippen molar-refractivity contribution < 1.29 is 23.9 Å². The summed E-state index contributed by atoms with van der Waals surface area (Å²) in [4.78, 5) is 50.3. The van der Waals surface area contributed by atoms with E-state index >= 15 is 0 Å². The molecule has 3 aromatic rings. The molecule has 0 atom stereocenters. The first-order valence-corrected chi connectivity index (χ1v) is 9.12. The lowest BCUT2D eigenvalue weighted by Gasteiger charge is -2.14. The second kappa shape index (κ2) is 7.63. The number of ether oxygens (including phenoxy) is 1. The zero-order valence-corrected chi connectivity index (χ0v) is 15.9. The number of carbonyl (C=O) groups is 4. The molecule has 0 fully saturated rings. The lowest BCUT2D eigenvalue weighted by Crippen LogP contribution is -2.29. The minimum atomic E-state index is -0.522. The minimum absolute atomic E-state index is 0.184. The van der Waals surface area contributed by atoms with Crippen LogP contribution in [0.4, 0.5) is 11.4 Å². The van der Waals surface area contributed by atoms with E-state index in [4.69, 9.17) is 4.74 Å². The van der Waals surface area contributed by atoms with Gasteiger partial charge in [-0.05, 0) is 42.5 Å². The predicted molar refractivity (Wildman–Crippen MR) is 110 cm³/mol. The van der Waals surface area contributed by atoms with Gasteiger partial charge < -0.3 is 10.1 Å². The summed E-state index contributed by atoms with van der Waals surface area (Å²) in [7, 11) is 0. The minimum Gasteiger partial charge on any atom is -0.427 e. The number of imide groups is 1. The fourth-order valence-electron chi connectivity index (χ4n) is 3.20. The van der Waals surface area contributed by atoms with E-state index in [0.29, 0.717) is 11.3 Å². The molecule has 148 valence electrons. The summed E-state index contributed by atoms with van der Waals surface area (Å²) in [6.45, 7) is 1.26. The number of hydrogen-bond donors (Lipinski definition) is 1. The molecule has 0 aromatic heterocycles. The second-order valence-electron chi connectivity index (χ2n) is 6.62. The third-order valence-corrected chi connectivity index (χ3v) is 4.52. The van der Waals surface area contributed by atoms with Crippen LogP contribution in [0.5, 0.6) is 5.75 Å². The highest BCUT2D eigenvalue weighted by atomic mass is 16.5. The zero-order chi connectivity index (χ0) is 21.3. The lowest BCUT2D eigenvalue weighted by atomic mass is 10.1. The fraction of sp³-hybridized carbons (Fsp3) is 0.0435. The standard InChI is InChI=1S/C23H16N2O5/c1-14(26)30-18-9-5-8-17(13-18)25-22(28)19-11-10-16(12-20(19)23(25)29)24-21(27)15-6-3-2-4-7-15/h2-13H,1H3,(H,24,27). The molecular formula is C23H16N2O5. The van der Waals surface area contributed by atoms with Crippen molar-refractivity contribution in [2.45, 2.75) is 6.92 Å². The largest absolute Gasteiger partial charge is 0.427 e. The van der Waals surface area contributed by atoms with E-state index in [9.17, 15) is 19.2 Å². The van der Waals surface area contributed by atoms with Crippen LogP contribution in [0.15, 0.2) is 72.8 Å². The van der Waals surface area contributed by atoms with Crippen LogP contribution in [0.1, 0.15) is 38.0 Å². The van der Waals surface area contributed by atoms with Gasteiger partial charge in [0.2, 0.25) is 0 Å². The SMILES string of the molecule is CC(=O)Oc1cccc(N2C(=O)c3ccc(NC(=O)c4ccccc4)cc3C2=O)c1. The van der Waals surface area contributed by atoms with E-state index < -0.39 is 17.8 Å². The topological polar surface area (TPSA) is 92.8 Å². The van der Waals surface area contributed by atoms with Crippen LogP contribution in [-0.2, 0) is 4.79 Å². The Labute approximate surface area is 171 Å². The van der Waals surface area contributed by atoms with Gasteiger partial charge in [0, 0.05) is 24.2 Å². The first-order valence-electron chi connectivity index (χ1n) is 9.12. The number of benzene rings is 3. The summed E-state index contributed by atoms with van der Waals surface area (Å²) in [6.07, 6.45) is 0. The van der Waals surface area contributed by atoms with Gasteiger partial charge in [-0.15, -0.1) is 0 Å². The molecule has 0 bridgehead atoms. The Morgan fingerprint density at radius 3 is 2.30 bits per heavy atom. The molecule has 1 heterocycles. The van der Waals surface area contributed by atoms with Gasteiger partial charge in [-0.1, -0.05) is 24.3 Å². The Morgan fingerprint density at radius 1 is 0.833 bits per heavy atom. The van der Waals surface area contributed by atoms with Gasteiger partial charge >= 0.3 is 5.97 Å². The molecular weight excluding hydrogens is 384 g/mol. The van der Waals surface area contributed by atoms with E-state index in [1.54, 1.807) is 48.5 Å². The molecule has 0 saturated heterocycles. The van der Waals surface area contributed by atoms with Gasteiger partial charge in [-0.2, -0.15) is 0 Å². The third-order valence-electron chi connectivity index (χ3n) is 4.52. The number of hydrogen-bond acceptors (Lipinski definition) is 5. The number of esters is 1. The van der Waals surface area contributed by atoms with Gasteiger partial charge in [0.25, 0.3) is 17.7 Å². The maximum absolute atomic E-state index is 12.9. The average Bonchev–Trinajstić information content (AvgIpc) is 2.98. The highest BCUT2D eigenvalue weighted by Gasteiger charge is 2.37. The predicted octanol–water partition coefficient (Wildman–Crippen LogP) is 3.66. The van der Waals surface area contributed by atoms with Gasteiger partial charge in [0.05, 0.1) is 16.8 Å². The van der Waals surface area contributed by atoms with E-state index in [2.05, 4.69) is 5.32 Å². The first kappa shape index (κ1) is 19.1. The van der Waals surface area contributed by atoms with Crippen molar-refractivity contribution in [1.82, 2.24) is 0 Å². The lowest BCUT2D eigenvalue weighted by molar-refractivity contribution is -0.131. The molecule has 0 unspecified atom stereocenters. The molecule has 3 aromatic carbocycles. The number of fused-ring (bicyclic) bond motifs is 1. The van der Waals surface area contributed by atoms with Gasteiger partial charge in [0.15, 0.2) is 0 Å². The smallest absolute Gasteiger partial charge is 0.308 e. The molecule has 0 spiro atoms. The summed E-state index contributed by atoms with van der Waals surface area (Å²) >= 11 is 0. The van der Waals surface area contributed by atoms with E-state index in [1.807, 2.05) is 6.07 Å². The summed E-state index contributed by atoms with van der Waals surface area (Å²) < 4.78 is 5.03. The normalized spacial score (nSPS) is 12.5. The van der Waals surface area contributed by atoms with Crippen LogP contribution < -0.4 is 15.0 Å². The van der Waals surface area contributed by atoms with Gasteiger partial charge in [-0.25, -0.2) is 4.90 Å². The Balaban J connectivity index is 1.61. The molecule has 7 heteroatoms. The van der Waals surface area contributed by atoms with Crippen molar-refractivity contribution in [3.63, 3.8) is 0 Å². The van der Waals surface area contributed by atoms with Crippen LogP contribution in [0, 0.1) is 0 Å². The van der Waals surface area contributed by atoms with Crippen molar-refractivity contribution in [2.75, 3.05) is 10.2 Å². The molecule has 1 N–H and O–H groups in total.